The van der Waals surface area contributed by atoms with Gasteiger partial charge in [-0.25, -0.2) is 17.6 Å². The van der Waals surface area contributed by atoms with E-state index in [2.05, 4.69) is 0 Å². The molecule has 0 amide bonds. The van der Waals surface area contributed by atoms with Crippen molar-refractivity contribution in [2.45, 2.75) is 12.0 Å². The van der Waals surface area contributed by atoms with Crippen LogP contribution in [0.5, 0.6) is 0 Å². The number of nitrogens with two attached hydrogens (primary N) is 1. The lowest BCUT2D eigenvalue weighted by Crippen LogP contribution is -2.36. The molecular weight excluding hydrogens is 214 g/mol. The van der Waals surface area contributed by atoms with Crippen LogP contribution < -0.4 is 5.73 Å². The molecule has 84 valence electrons. The van der Waals surface area contributed by atoms with E-state index in [9.17, 15) is 17.6 Å². The minimum atomic E-state index is -3.69. The van der Waals surface area contributed by atoms with Gasteiger partial charge in [-0.15, -0.1) is 0 Å². The van der Waals surface area contributed by atoms with Crippen LogP contribution in [0.1, 0.15) is 11.6 Å². The number of hydrogen-bond acceptors (Lipinski definition) is 2. The lowest BCUT2D eigenvalue weighted by Gasteiger charge is -2.21. The highest BCUT2D eigenvalue weighted by Crippen LogP contribution is 2.30. The third-order valence-corrected chi connectivity index (χ3v) is 1.98. The van der Waals surface area contributed by atoms with E-state index in [0.717, 1.165) is 18.2 Å². The quantitative estimate of drug-likeness (QED) is 0.764. The molecule has 0 aliphatic carbocycles. The Morgan fingerprint density at radius 2 is 1.93 bits per heavy atom. The largest absolute Gasteiger partial charge is 0.390 e. The monoisotopic (exact) mass is 223 g/mol. The number of hydrogen-bond donors (Lipinski definition) is 2. The summed E-state index contributed by atoms with van der Waals surface area (Å²) in [6, 6.07) is 0.745. The first-order chi connectivity index (χ1) is 6.90. The molecule has 0 saturated carbocycles. The predicted molar refractivity (Wildman–Crippen MR) is 45.3 cm³/mol. The highest BCUT2D eigenvalue weighted by molar-refractivity contribution is 5.24. The van der Waals surface area contributed by atoms with Crippen molar-refractivity contribution >= 4 is 0 Å². The second-order valence-corrected chi connectivity index (χ2v) is 3.04. The Kier molecular flexibility index (Phi) is 3.31. The molecule has 0 aliphatic rings. The maximum atomic E-state index is 13.0. The molecule has 1 rings (SSSR count). The molecule has 1 aromatic carbocycles. The van der Waals surface area contributed by atoms with E-state index in [1.165, 1.54) is 0 Å². The minimum absolute atomic E-state index is 0.658. The van der Waals surface area contributed by atoms with Gasteiger partial charge in [0.25, 0.3) is 5.92 Å². The third-order valence-electron chi connectivity index (χ3n) is 1.98. The van der Waals surface area contributed by atoms with Crippen LogP contribution in [0, 0.1) is 11.6 Å². The van der Waals surface area contributed by atoms with Crippen molar-refractivity contribution in [1.29, 1.82) is 0 Å². The van der Waals surface area contributed by atoms with E-state index in [1.807, 2.05) is 0 Å². The van der Waals surface area contributed by atoms with Crippen molar-refractivity contribution in [1.82, 2.24) is 0 Å². The average molecular weight is 223 g/mol. The summed E-state index contributed by atoms with van der Waals surface area (Å²) in [5.41, 5.74) is 4.38. The SMILES string of the molecule is N[C@@H](c1cccc(F)c1F)C(F)(F)CO. The average Bonchev–Trinajstić information content (AvgIpc) is 2.21. The molecule has 0 saturated heterocycles. The smallest absolute Gasteiger partial charge is 0.289 e. The molecule has 0 spiro atoms. The molecule has 0 aromatic heterocycles. The molecule has 0 radical (unpaired) electrons. The lowest BCUT2D eigenvalue weighted by atomic mass is 10.0. The molecule has 0 bridgehead atoms. The van der Waals surface area contributed by atoms with Crippen molar-refractivity contribution < 1.29 is 22.7 Å². The maximum Gasteiger partial charge on any atom is 0.289 e. The number of benzene rings is 1. The van der Waals surface area contributed by atoms with E-state index in [1.54, 1.807) is 0 Å². The molecule has 0 fully saturated rings. The van der Waals surface area contributed by atoms with Gasteiger partial charge in [0.2, 0.25) is 0 Å². The van der Waals surface area contributed by atoms with Gasteiger partial charge in [-0.2, -0.15) is 0 Å². The van der Waals surface area contributed by atoms with Crippen LogP contribution in [0.4, 0.5) is 17.6 Å². The Balaban J connectivity index is 3.12. The number of alkyl halides is 2. The summed E-state index contributed by atoms with van der Waals surface area (Å²) >= 11 is 0. The van der Waals surface area contributed by atoms with Gasteiger partial charge >= 0.3 is 0 Å². The fourth-order valence-electron chi connectivity index (χ4n) is 1.09. The Morgan fingerprint density at radius 1 is 1.33 bits per heavy atom. The fraction of sp³-hybridized carbons (Fsp3) is 0.333. The molecule has 3 N–H and O–H groups in total. The molecule has 1 atom stereocenters. The Labute approximate surface area is 83.3 Å². The van der Waals surface area contributed by atoms with Crippen molar-refractivity contribution in [3.63, 3.8) is 0 Å². The summed E-state index contributed by atoms with van der Waals surface area (Å²) in [6.07, 6.45) is 0. The Morgan fingerprint density at radius 3 is 2.47 bits per heavy atom. The van der Waals surface area contributed by atoms with Crippen molar-refractivity contribution in [3.8, 4) is 0 Å². The zero-order chi connectivity index (χ0) is 11.6. The molecule has 6 heteroatoms. The van der Waals surface area contributed by atoms with E-state index >= 15 is 0 Å². The van der Waals surface area contributed by atoms with Crippen LogP contribution in [-0.4, -0.2) is 17.6 Å². The van der Waals surface area contributed by atoms with Gasteiger partial charge in [-0.3, -0.25) is 0 Å². The third kappa shape index (κ3) is 2.27. The van der Waals surface area contributed by atoms with Gasteiger partial charge in [-0.1, -0.05) is 12.1 Å². The minimum Gasteiger partial charge on any atom is -0.390 e. The summed E-state index contributed by atoms with van der Waals surface area (Å²) in [5, 5.41) is 8.34. The number of aliphatic hydroxyl groups excluding tert-OH is 1. The first-order valence-corrected chi connectivity index (χ1v) is 4.08. The zero-order valence-electron chi connectivity index (χ0n) is 7.55. The van der Waals surface area contributed by atoms with Crippen LogP contribution >= 0.6 is 0 Å². The number of aliphatic hydroxyl groups is 1. The van der Waals surface area contributed by atoms with Gasteiger partial charge in [-0.05, 0) is 6.07 Å². The van der Waals surface area contributed by atoms with Gasteiger partial charge in [0.1, 0.15) is 6.61 Å². The Hall–Kier alpha value is -1.14. The number of halogens is 4. The first kappa shape index (κ1) is 11.9. The van der Waals surface area contributed by atoms with Gasteiger partial charge in [0.05, 0.1) is 6.04 Å². The van der Waals surface area contributed by atoms with Crippen molar-refractivity contribution in [3.05, 3.63) is 35.4 Å². The number of rotatable bonds is 3. The molecule has 1 aromatic rings. The second-order valence-electron chi connectivity index (χ2n) is 3.04. The second kappa shape index (κ2) is 4.16. The molecular formula is C9H9F4NO. The van der Waals surface area contributed by atoms with Crippen LogP contribution in [0.15, 0.2) is 18.2 Å². The molecule has 0 heterocycles. The van der Waals surface area contributed by atoms with Crippen molar-refractivity contribution in [2.24, 2.45) is 5.73 Å². The topological polar surface area (TPSA) is 46.2 Å². The summed E-state index contributed by atoms with van der Waals surface area (Å²) < 4.78 is 51.5. The molecule has 0 unspecified atom stereocenters. The van der Waals surface area contributed by atoms with Crippen LogP contribution in [0.25, 0.3) is 0 Å². The van der Waals surface area contributed by atoms with Crippen LogP contribution in [0.2, 0.25) is 0 Å². The molecule has 2 nitrogen and oxygen atoms in total. The van der Waals surface area contributed by atoms with Gasteiger partial charge in [0.15, 0.2) is 11.6 Å². The summed E-state index contributed by atoms with van der Waals surface area (Å²) in [7, 11) is 0. The summed E-state index contributed by atoms with van der Waals surface area (Å²) in [4.78, 5) is 0. The summed E-state index contributed by atoms with van der Waals surface area (Å²) in [5.74, 6) is -6.36. The lowest BCUT2D eigenvalue weighted by molar-refractivity contribution is -0.0719. The van der Waals surface area contributed by atoms with Crippen LogP contribution in [0.3, 0.4) is 0 Å². The van der Waals surface area contributed by atoms with Gasteiger partial charge in [0, 0.05) is 5.56 Å². The molecule has 0 aliphatic heterocycles. The Bertz CT molecular complexity index is 356. The zero-order valence-corrected chi connectivity index (χ0v) is 7.55. The van der Waals surface area contributed by atoms with E-state index in [0.29, 0.717) is 0 Å². The van der Waals surface area contributed by atoms with E-state index < -0.39 is 35.8 Å². The van der Waals surface area contributed by atoms with Crippen molar-refractivity contribution in [2.75, 3.05) is 6.61 Å². The van der Waals surface area contributed by atoms with Gasteiger partial charge < -0.3 is 10.8 Å². The standard InChI is InChI=1S/C9H9F4NO/c10-6-3-1-2-5(7(6)11)8(14)9(12,13)4-15/h1-3,8,15H,4,14H2/t8-/m0/s1. The maximum absolute atomic E-state index is 13.0. The summed E-state index contributed by atoms with van der Waals surface area (Å²) in [6.45, 7) is -1.52. The fourth-order valence-corrected chi connectivity index (χ4v) is 1.09. The highest BCUT2D eigenvalue weighted by atomic mass is 19.3. The predicted octanol–water partition coefficient (Wildman–Crippen LogP) is 1.59. The molecule has 15 heavy (non-hydrogen) atoms. The highest BCUT2D eigenvalue weighted by Gasteiger charge is 2.39. The van der Waals surface area contributed by atoms with Crippen LogP contribution in [-0.2, 0) is 0 Å². The first-order valence-electron chi connectivity index (χ1n) is 4.08. The van der Waals surface area contributed by atoms with E-state index in [-0.39, 0.29) is 0 Å². The normalized spacial score (nSPS) is 14.0. The van der Waals surface area contributed by atoms with E-state index in [4.69, 9.17) is 10.8 Å².